The fraction of sp³-hybridized carbons (Fsp3) is 0.333. The zero-order chi connectivity index (χ0) is 21.5. The van der Waals surface area contributed by atoms with Crippen LogP contribution >= 0.6 is 23.2 Å². The molecule has 0 spiro atoms. The van der Waals surface area contributed by atoms with Gasteiger partial charge in [-0.05, 0) is 30.0 Å². The number of unbranched alkanes of at least 4 members (excludes halogenated alkanes) is 1. The van der Waals surface area contributed by atoms with Gasteiger partial charge in [0.15, 0.2) is 5.15 Å². The van der Waals surface area contributed by atoms with Gasteiger partial charge in [-0.1, -0.05) is 85.1 Å². The van der Waals surface area contributed by atoms with Crippen molar-refractivity contribution in [2.45, 2.75) is 45.6 Å². The van der Waals surface area contributed by atoms with Crippen LogP contribution < -0.4 is 0 Å². The van der Waals surface area contributed by atoms with Crippen molar-refractivity contribution in [3.63, 3.8) is 0 Å². The van der Waals surface area contributed by atoms with Crippen LogP contribution in [0.25, 0.3) is 0 Å². The first kappa shape index (κ1) is 22.4. The zero-order valence-corrected chi connectivity index (χ0v) is 18.5. The van der Waals surface area contributed by atoms with Gasteiger partial charge in [-0.3, -0.25) is 4.79 Å². The molecule has 0 aliphatic rings. The molecule has 6 heteroatoms. The summed E-state index contributed by atoms with van der Waals surface area (Å²) in [5.74, 6) is -0.554. The second-order valence-electron chi connectivity index (χ2n) is 7.48. The second kappa shape index (κ2) is 10.6. The first-order valence-electron chi connectivity index (χ1n) is 10.2. The molecular weight excluding hydrogens is 419 g/mol. The Morgan fingerprint density at radius 3 is 2.43 bits per heavy atom. The number of carbonyl (C=O) groups is 1. The molecule has 0 bridgehead atoms. The van der Waals surface area contributed by atoms with Crippen LogP contribution in [0.5, 0.6) is 0 Å². The molecule has 0 aliphatic carbocycles. The largest absolute Gasteiger partial charge is 0.481 e. The fourth-order valence-corrected chi connectivity index (χ4v) is 4.06. The van der Waals surface area contributed by atoms with Crippen LogP contribution in [-0.2, 0) is 30.6 Å². The summed E-state index contributed by atoms with van der Waals surface area (Å²) in [6.07, 6.45) is 3.57. The molecule has 0 fully saturated rings. The van der Waals surface area contributed by atoms with E-state index in [4.69, 9.17) is 23.2 Å². The molecule has 1 unspecified atom stereocenters. The normalized spacial score (nSPS) is 12.1. The maximum Gasteiger partial charge on any atom is 0.307 e. The van der Waals surface area contributed by atoms with E-state index < -0.39 is 11.9 Å². The Bertz CT molecular complexity index is 986. The quantitative estimate of drug-likeness (QED) is 0.412. The lowest BCUT2D eigenvalue weighted by atomic mass is 9.95. The molecule has 3 aromatic rings. The number of carboxylic acid groups (broad SMARTS) is 1. The highest BCUT2D eigenvalue weighted by Crippen LogP contribution is 2.27. The van der Waals surface area contributed by atoms with Crippen molar-refractivity contribution in [2.75, 3.05) is 0 Å². The van der Waals surface area contributed by atoms with Crippen molar-refractivity contribution >= 4 is 29.2 Å². The summed E-state index contributed by atoms with van der Waals surface area (Å²) in [4.78, 5) is 16.6. The summed E-state index contributed by atoms with van der Waals surface area (Å²) in [7, 11) is 0. The lowest BCUT2D eigenvalue weighted by Crippen LogP contribution is -2.21. The lowest BCUT2D eigenvalue weighted by molar-refractivity contribution is -0.141. The van der Waals surface area contributed by atoms with Crippen molar-refractivity contribution in [2.24, 2.45) is 5.92 Å². The molecule has 0 aliphatic heterocycles. The van der Waals surface area contributed by atoms with E-state index in [1.165, 1.54) is 0 Å². The topological polar surface area (TPSA) is 55.1 Å². The van der Waals surface area contributed by atoms with Gasteiger partial charge in [0.25, 0.3) is 0 Å². The van der Waals surface area contributed by atoms with Crippen molar-refractivity contribution < 1.29 is 9.90 Å². The van der Waals surface area contributed by atoms with Gasteiger partial charge in [0, 0.05) is 17.9 Å². The Morgan fingerprint density at radius 2 is 1.77 bits per heavy atom. The predicted octanol–water partition coefficient (Wildman–Crippen LogP) is 6.07. The minimum atomic E-state index is -0.837. The fourth-order valence-electron chi connectivity index (χ4n) is 3.59. The SMILES string of the molecule is CCCCc1nc(Cl)c(CC(Cc2ccccc2)C(=O)O)n1Cc1ccccc1Cl. The summed E-state index contributed by atoms with van der Waals surface area (Å²) >= 11 is 12.9. The van der Waals surface area contributed by atoms with E-state index in [9.17, 15) is 9.90 Å². The Labute approximate surface area is 187 Å². The first-order chi connectivity index (χ1) is 14.5. The maximum absolute atomic E-state index is 12.0. The summed E-state index contributed by atoms with van der Waals surface area (Å²) in [6.45, 7) is 2.65. The van der Waals surface area contributed by atoms with Gasteiger partial charge in [0.1, 0.15) is 5.82 Å². The van der Waals surface area contributed by atoms with E-state index >= 15 is 0 Å². The molecule has 0 amide bonds. The number of carboxylic acids is 1. The van der Waals surface area contributed by atoms with Gasteiger partial charge in [0.05, 0.1) is 18.2 Å². The Kier molecular flexibility index (Phi) is 7.94. The molecule has 4 nitrogen and oxygen atoms in total. The second-order valence-corrected chi connectivity index (χ2v) is 8.24. The van der Waals surface area contributed by atoms with Gasteiger partial charge < -0.3 is 9.67 Å². The number of aryl methyl sites for hydroxylation is 1. The molecule has 30 heavy (non-hydrogen) atoms. The lowest BCUT2D eigenvalue weighted by Gasteiger charge is -2.17. The van der Waals surface area contributed by atoms with Crippen LogP contribution in [-0.4, -0.2) is 20.6 Å². The third kappa shape index (κ3) is 5.65. The zero-order valence-electron chi connectivity index (χ0n) is 17.0. The van der Waals surface area contributed by atoms with E-state index in [0.717, 1.165) is 41.9 Å². The van der Waals surface area contributed by atoms with Crippen molar-refractivity contribution in [1.82, 2.24) is 9.55 Å². The van der Waals surface area contributed by atoms with E-state index in [1.807, 2.05) is 54.6 Å². The van der Waals surface area contributed by atoms with Crippen molar-refractivity contribution in [3.05, 3.63) is 87.4 Å². The summed E-state index contributed by atoms with van der Waals surface area (Å²) < 4.78 is 2.06. The van der Waals surface area contributed by atoms with Crippen molar-refractivity contribution in [3.8, 4) is 0 Å². The van der Waals surface area contributed by atoms with E-state index in [-0.39, 0.29) is 0 Å². The summed E-state index contributed by atoms with van der Waals surface area (Å²) in [5.41, 5.74) is 2.71. The molecule has 1 N–H and O–H groups in total. The molecule has 1 aromatic heterocycles. The van der Waals surface area contributed by atoms with Gasteiger partial charge in [0.2, 0.25) is 0 Å². The average Bonchev–Trinajstić information content (AvgIpc) is 3.02. The highest BCUT2D eigenvalue weighted by atomic mass is 35.5. The van der Waals surface area contributed by atoms with E-state index in [2.05, 4.69) is 16.5 Å². The molecule has 158 valence electrons. The molecule has 1 atom stereocenters. The minimum Gasteiger partial charge on any atom is -0.481 e. The molecule has 0 saturated heterocycles. The monoisotopic (exact) mass is 444 g/mol. The molecule has 1 heterocycles. The van der Waals surface area contributed by atoms with Crippen LogP contribution in [0, 0.1) is 5.92 Å². The molecule has 2 aromatic carbocycles. The number of halogens is 2. The van der Waals surface area contributed by atoms with Gasteiger partial charge in [-0.15, -0.1) is 0 Å². The smallest absolute Gasteiger partial charge is 0.307 e. The van der Waals surface area contributed by atoms with Crippen LogP contribution in [0.2, 0.25) is 10.2 Å². The Hall–Kier alpha value is -2.30. The molecule has 0 saturated carbocycles. The Balaban J connectivity index is 1.94. The van der Waals surface area contributed by atoms with Crippen LogP contribution in [0.3, 0.4) is 0 Å². The molecule has 0 radical (unpaired) electrons. The van der Waals surface area contributed by atoms with E-state index in [1.54, 1.807) is 0 Å². The Morgan fingerprint density at radius 1 is 1.07 bits per heavy atom. The van der Waals surface area contributed by atoms with Gasteiger partial charge >= 0.3 is 5.97 Å². The highest BCUT2D eigenvalue weighted by Gasteiger charge is 2.25. The first-order valence-corrected chi connectivity index (χ1v) is 11.0. The number of hydrogen-bond acceptors (Lipinski definition) is 2. The minimum absolute atomic E-state index is 0.312. The number of rotatable bonds is 10. The third-order valence-corrected chi connectivity index (χ3v) is 5.93. The number of hydrogen-bond donors (Lipinski definition) is 1. The van der Waals surface area contributed by atoms with Crippen LogP contribution in [0.1, 0.15) is 42.4 Å². The highest BCUT2D eigenvalue weighted by molar-refractivity contribution is 6.31. The van der Waals surface area contributed by atoms with Crippen LogP contribution in [0.4, 0.5) is 0 Å². The van der Waals surface area contributed by atoms with Crippen molar-refractivity contribution in [1.29, 1.82) is 0 Å². The van der Waals surface area contributed by atoms with Gasteiger partial charge in [-0.25, -0.2) is 4.98 Å². The summed E-state index contributed by atoms with van der Waals surface area (Å²) in [5, 5.41) is 10.9. The maximum atomic E-state index is 12.0. The third-order valence-electron chi connectivity index (χ3n) is 5.26. The average molecular weight is 445 g/mol. The molecule has 3 rings (SSSR count). The van der Waals surface area contributed by atoms with E-state index in [0.29, 0.717) is 29.6 Å². The molecular formula is C24H26Cl2N2O2. The van der Waals surface area contributed by atoms with Crippen LogP contribution in [0.15, 0.2) is 54.6 Å². The number of aromatic nitrogens is 2. The summed E-state index contributed by atoms with van der Waals surface area (Å²) in [6, 6.07) is 17.3. The number of aliphatic carboxylic acids is 1. The van der Waals surface area contributed by atoms with Gasteiger partial charge in [-0.2, -0.15) is 0 Å². The number of benzene rings is 2. The number of imidazole rings is 1. The predicted molar refractivity (Wildman–Crippen MR) is 121 cm³/mol. The standard InChI is InChI=1S/C24H26Cl2N2O2/c1-2-3-13-22-27-23(26)21(28(22)16-18-11-7-8-12-20(18)25)15-19(24(29)30)14-17-9-5-4-6-10-17/h4-12,19H,2-3,13-16H2,1H3,(H,29,30). The number of nitrogens with zero attached hydrogens (tertiary/aromatic N) is 2.